The molecule has 0 amide bonds. The molecular weight excluding hydrogens is 262 g/mol. The Labute approximate surface area is 120 Å². The summed E-state index contributed by atoms with van der Waals surface area (Å²) in [5.41, 5.74) is 1.07. The number of hydrogen-bond donors (Lipinski definition) is 0. The average Bonchev–Trinajstić information content (AvgIpc) is 2.42. The molecule has 2 heterocycles. The van der Waals surface area contributed by atoms with Gasteiger partial charge in [0.15, 0.2) is 0 Å². The number of methoxy groups -OCH3 is 1. The fraction of sp³-hybridized carbons (Fsp3) is 0.714. The van der Waals surface area contributed by atoms with Crippen molar-refractivity contribution in [1.82, 2.24) is 9.97 Å². The summed E-state index contributed by atoms with van der Waals surface area (Å²) >= 11 is 6.22. The number of ether oxygens (including phenoxy) is 1. The molecule has 5 heteroatoms. The van der Waals surface area contributed by atoms with Gasteiger partial charge in [-0.1, -0.05) is 31.9 Å². The second kappa shape index (κ2) is 6.53. The molecule has 106 valence electrons. The minimum atomic E-state index is 0.261. The Balaban J connectivity index is 2.24. The zero-order chi connectivity index (χ0) is 13.8. The Kier molecular flexibility index (Phi) is 4.99. The van der Waals surface area contributed by atoms with Gasteiger partial charge < -0.3 is 9.64 Å². The predicted octanol–water partition coefficient (Wildman–Crippen LogP) is 2.94. The van der Waals surface area contributed by atoms with Crippen molar-refractivity contribution in [2.45, 2.75) is 39.2 Å². The molecule has 0 spiro atoms. The topological polar surface area (TPSA) is 38.2 Å². The van der Waals surface area contributed by atoms with Crippen LogP contribution in [0.1, 0.15) is 32.3 Å². The lowest BCUT2D eigenvalue weighted by molar-refractivity contribution is 0.0496. The summed E-state index contributed by atoms with van der Waals surface area (Å²) in [6, 6.07) is 0. The van der Waals surface area contributed by atoms with Crippen molar-refractivity contribution < 1.29 is 4.74 Å². The third-order valence-corrected chi connectivity index (χ3v) is 4.19. The molecule has 1 aromatic heterocycles. The summed E-state index contributed by atoms with van der Waals surface area (Å²) in [6.45, 7) is 6.27. The summed E-state index contributed by atoms with van der Waals surface area (Å²) in [5.74, 6) is 1.57. The Morgan fingerprint density at radius 2 is 2.26 bits per heavy atom. The SMILES string of the molecule is CCCc1c(Cl)ncnc1N1CCC(C)C(OC)C1. The van der Waals surface area contributed by atoms with Crippen molar-refractivity contribution in [3.8, 4) is 0 Å². The Hall–Kier alpha value is -0.870. The van der Waals surface area contributed by atoms with Crippen LogP contribution in [0, 0.1) is 5.92 Å². The van der Waals surface area contributed by atoms with Crippen molar-refractivity contribution in [3.05, 3.63) is 17.0 Å². The van der Waals surface area contributed by atoms with Crippen LogP contribution in [0.15, 0.2) is 6.33 Å². The Morgan fingerprint density at radius 3 is 2.95 bits per heavy atom. The number of halogens is 1. The summed E-state index contributed by atoms with van der Waals surface area (Å²) in [5, 5.41) is 0.583. The van der Waals surface area contributed by atoms with Crippen molar-refractivity contribution in [3.63, 3.8) is 0 Å². The maximum absolute atomic E-state index is 6.22. The average molecular weight is 284 g/mol. The fourth-order valence-electron chi connectivity index (χ4n) is 2.65. The molecule has 1 fully saturated rings. The number of aromatic nitrogens is 2. The van der Waals surface area contributed by atoms with E-state index in [9.17, 15) is 0 Å². The molecule has 1 aliphatic heterocycles. The molecule has 0 radical (unpaired) electrons. The molecular formula is C14H22ClN3O. The van der Waals surface area contributed by atoms with Gasteiger partial charge in [-0.2, -0.15) is 0 Å². The third kappa shape index (κ3) is 3.18. The second-order valence-corrected chi connectivity index (χ2v) is 5.56. The van der Waals surface area contributed by atoms with Gasteiger partial charge in [-0.05, 0) is 18.8 Å². The number of anilines is 1. The van der Waals surface area contributed by atoms with Gasteiger partial charge in [0.1, 0.15) is 17.3 Å². The zero-order valence-electron chi connectivity index (χ0n) is 11.9. The van der Waals surface area contributed by atoms with E-state index >= 15 is 0 Å². The summed E-state index contributed by atoms with van der Waals surface area (Å²) in [6.07, 6.45) is 4.89. The molecule has 0 aliphatic carbocycles. The highest BCUT2D eigenvalue weighted by molar-refractivity contribution is 6.30. The van der Waals surface area contributed by atoms with E-state index in [0.717, 1.165) is 43.7 Å². The zero-order valence-corrected chi connectivity index (χ0v) is 12.7. The first-order valence-electron chi connectivity index (χ1n) is 6.94. The van der Waals surface area contributed by atoms with E-state index < -0.39 is 0 Å². The molecule has 0 N–H and O–H groups in total. The van der Waals surface area contributed by atoms with Gasteiger partial charge in [0.2, 0.25) is 0 Å². The van der Waals surface area contributed by atoms with Crippen LogP contribution in [0.3, 0.4) is 0 Å². The quantitative estimate of drug-likeness (QED) is 0.797. The van der Waals surface area contributed by atoms with Crippen molar-refractivity contribution in [2.75, 3.05) is 25.1 Å². The highest BCUT2D eigenvalue weighted by Crippen LogP contribution is 2.29. The summed E-state index contributed by atoms with van der Waals surface area (Å²) in [4.78, 5) is 10.8. The lowest BCUT2D eigenvalue weighted by atomic mass is 9.95. The van der Waals surface area contributed by atoms with Crippen molar-refractivity contribution in [1.29, 1.82) is 0 Å². The molecule has 1 aliphatic rings. The maximum atomic E-state index is 6.22. The minimum absolute atomic E-state index is 0.261. The van der Waals surface area contributed by atoms with E-state index in [1.54, 1.807) is 13.4 Å². The van der Waals surface area contributed by atoms with Crippen LogP contribution in [0.5, 0.6) is 0 Å². The van der Waals surface area contributed by atoms with E-state index in [4.69, 9.17) is 16.3 Å². The van der Waals surface area contributed by atoms with E-state index in [1.807, 2.05) is 0 Å². The van der Waals surface area contributed by atoms with Gasteiger partial charge in [0.25, 0.3) is 0 Å². The molecule has 2 unspecified atom stereocenters. The second-order valence-electron chi connectivity index (χ2n) is 5.20. The van der Waals surface area contributed by atoms with Crippen LogP contribution in [-0.4, -0.2) is 36.3 Å². The van der Waals surface area contributed by atoms with Gasteiger partial charge in [-0.25, -0.2) is 9.97 Å². The first-order chi connectivity index (χ1) is 9.17. The van der Waals surface area contributed by atoms with Gasteiger partial charge in [0, 0.05) is 25.8 Å². The lowest BCUT2D eigenvalue weighted by Gasteiger charge is -2.37. The number of nitrogens with zero attached hydrogens (tertiary/aromatic N) is 3. The standard InChI is InChI=1S/C14H22ClN3O/c1-4-5-11-13(15)16-9-17-14(11)18-7-6-10(2)12(8-18)19-3/h9-10,12H,4-8H2,1-3H3. The third-order valence-electron chi connectivity index (χ3n) is 3.86. The van der Waals surface area contributed by atoms with Gasteiger partial charge >= 0.3 is 0 Å². The monoisotopic (exact) mass is 283 g/mol. The van der Waals surface area contributed by atoms with Crippen LogP contribution >= 0.6 is 11.6 Å². The van der Waals surface area contributed by atoms with E-state index in [1.165, 1.54) is 0 Å². The van der Waals surface area contributed by atoms with Gasteiger partial charge in [0.05, 0.1) is 6.10 Å². The first-order valence-corrected chi connectivity index (χ1v) is 7.32. The van der Waals surface area contributed by atoms with Crippen LogP contribution in [0.2, 0.25) is 5.15 Å². The number of piperidine rings is 1. The largest absolute Gasteiger partial charge is 0.379 e. The summed E-state index contributed by atoms with van der Waals surface area (Å²) < 4.78 is 5.57. The molecule has 0 aromatic carbocycles. The first kappa shape index (κ1) is 14.5. The Bertz CT molecular complexity index is 427. The predicted molar refractivity (Wildman–Crippen MR) is 77.8 cm³/mol. The summed E-state index contributed by atoms with van der Waals surface area (Å²) in [7, 11) is 1.78. The normalized spacial score (nSPS) is 23.7. The van der Waals surface area contributed by atoms with E-state index in [2.05, 4.69) is 28.7 Å². The van der Waals surface area contributed by atoms with Gasteiger partial charge in [-0.3, -0.25) is 0 Å². The Morgan fingerprint density at radius 1 is 1.47 bits per heavy atom. The molecule has 2 rings (SSSR count). The molecule has 0 saturated carbocycles. The van der Waals surface area contributed by atoms with Crippen LogP contribution in [0.4, 0.5) is 5.82 Å². The lowest BCUT2D eigenvalue weighted by Crippen LogP contribution is -2.44. The van der Waals surface area contributed by atoms with Crippen molar-refractivity contribution >= 4 is 17.4 Å². The van der Waals surface area contributed by atoms with Crippen LogP contribution in [0.25, 0.3) is 0 Å². The highest BCUT2D eigenvalue weighted by Gasteiger charge is 2.28. The molecule has 19 heavy (non-hydrogen) atoms. The number of hydrogen-bond acceptors (Lipinski definition) is 4. The fourth-order valence-corrected chi connectivity index (χ4v) is 2.88. The molecule has 1 aromatic rings. The highest BCUT2D eigenvalue weighted by atomic mass is 35.5. The molecule has 4 nitrogen and oxygen atoms in total. The van der Waals surface area contributed by atoms with Crippen LogP contribution in [-0.2, 0) is 11.2 Å². The molecule has 0 bridgehead atoms. The smallest absolute Gasteiger partial charge is 0.137 e. The van der Waals surface area contributed by atoms with Crippen molar-refractivity contribution in [2.24, 2.45) is 5.92 Å². The maximum Gasteiger partial charge on any atom is 0.137 e. The van der Waals surface area contributed by atoms with E-state index in [-0.39, 0.29) is 6.10 Å². The number of rotatable bonds is 4. The molecule has 2 atom stereocenters. The molecule has 1 saturated heterocycles. The van der Waals surface area contributed by atoms with E-state index in [0.29, 0.717) is 11.1 Å². The minimum Gasteiger partial charge on any atom is -0.379 e. The van der Waals surface area contributed by atoms with Gasteiger partial charge in [-0.15, -0.1) is 0 Å². The van der Waals surface area contributed by atoms with Crippen LogP contribution < -0.4 is 4.90 Å².